The summed E-state index contributed by atoms with van der Waals surface area (Å²) in [6, 6.07) is 23.6. The van der Waals surface area contributed by atoms with E-state index in [1.165, 1.54) is 24.3 Å². The summed E-state index contributed by atoms with van der Waals surface area (Å²) in [6.07, 6.45) is 0.230. The van der Waals surface area contributed by atoms with E-state index < -0.39 is 22.0 Å². The van der Waals surface area contributed by atoms with Gasteiger partial charge in [-0.25, -0.2) is 8.42 Å². The van der Waals surface area contributed by atoms with Crippen LogP contribution in [0.1, 0.15) is 11.1 Å². The second-order valence-electron chi connectivity index (χ2n) is 6.52. The number of hydrogen-bond donors (Lipinski definition) is 2. The van der Waals surface area contributed by atoms with Crippen LogP contribution in [-0.4, -0.2) is 20.4 Å². The van der Waals surface area contributed by atoms with Crippen molar-refractivity contribution in [2.75, 3.05) is 0 Å². The molecule has 29 heavy (non-hydrogen) atoms. The molecule has 5 nitrogen and oxygen atoms in total. The van der Waals surface area contributed by atoms with Crippen molar-refractivity contribution in [3.63, 3.8) is 0 Å². The normalized spacial score (nSPS) is 12.3. The molecule has 0 aliphatic carbocycles. The molecule has 3 rings (SSSR count). The predicted molar refractivity (Wildman–Crippen MR) is 114 cm³/mol. The Kier molecular flexibility index (Phi) is 7.04. The molecule has 0 heterocycles. The standard InChI is InChI=1S/C22H21ClN2O3S/c23-19-11-13-20(14-12-19)29(27,28)25-21(15-17-7-3-1-4-8-17)22(26)24-16-18-9-5-2-6-10-18/h1-14,21,25H,15-16H2,(H,24,26)/t21-/m0/s1. The molecule has 0 fully saturated rings. The molecule has 0 saturated heterocycles. The van der Waals surface area contributed by atoms with Crippen molar-refractivity contribution in [3.8, 4) is 0 Å². The van der Waals surface area contributed by atoms with Crippen LogP contribution >= 0.6 is 11.6 Å². The minimum Gasteiger partial charge on any atom is -0.351 e. The first kappa shape index (κ1) is 21.0. The first-order valence-electron chi connectivity index (χ1n) is 9.07. The van der Waals surface area contributed by atoms with Crippen molar-refractivity contribution < 1.29 is 13.2 Å². The van der Waals surface area contributed by atoms with E-state index in [0.29, 0.717) is 11.6 Å². The van der Waals surface area contributed by atoms with Gasteiger partial charge in [0, 0.05) is 11.6 Å². The quantitative estimate of drug-likeness (QED) is 0.576. The SMILES string of the molecule is O=C(NCc1ccccc1)[C@H](Cc1ccccc1)NS(=O)(=O)c1ccc(Cl)cc1. The number of amides is 1. The van der Waals surface area contributed by atoms with Crippen LogP contribution in [0.25, 0.3) is 0 Å². The highest BCUT2D eigenvalue weighted by Crippen LogP contribution is 2.15. The highest BCUT2D eigenvalue weighted by molar-refractivity contribution is 7.89. The molecule has 1 atom stereocenters. The number of rotatable bonds is 8. The fraction of sp³-hybridized carbons (Fsp3) is 0.136. The fourth-order valence-corrected chi connectivity index (χ4v) is 4.14. The van der Waals surface area contributed by atoms with E-state index in [1.54, 1.807) is 0 Å². The Labute approximate surface area is 175 Å². The molecule has 0 radical (unpaired) electrons. The number of nitrogens with one attached hydrogen (secondary N) is 2. The second kappa shape index (κ2) is 9.69. The Morgan fingerprint density at radius 3 is 1.97 bits per heavy atom. The second-order valence-corrected chi connectivity index (χ2v) is 8.67. The van der Waals surface area contributed by atoms with E-state index in [2.05, 4.69) is 10.0 Å². The van der Waals surface area contributed by atoms with E-state index in [1.807, 2.05) is 60.7 Å². The number of benzene rings is 3. The van der Waals surface area contributed by atoms with Crippen molar-refractivity contribution in [3.05, 3.63) is 101 Å². The maximum absolute atomic E-state index is 12.8. The Morgan fingerprint density at radius 2 is 1.38 bits per heavy atom. The maximum atomic E-state index is 12.8. The van der Waals surface area contributed by atoms with Crippen molar-refractivity contribution >= 4 is 27.5 Å². The summed E-state index contributed by atoms with van der Waals surface area (Å²) in [5.41, 5.74) is 1.78. The minimum absolute atomic E-state index is 0.0517. The zero-order valence-electron chi connectivity index (χ0n) is 15.6. The zero-order valence-corrected chi connectivity index (χ0v) is 17.2. The largest absolute Gasteiger partial charge is 0.351 e. The van der Waals surface area contributed by atoms with Gasteiger partial charge in [0.2, 0.25) is 15.9 Å². The van der Waals surface area contributed by atoms with Crippen LogP contribution in [0.4, 0.5) is 0 Å². The number of hydrogen-bond acceptors (Lipinski definition) is 3. The van der Waals surface area contributed by atoms with Gasteiger partial charge in [0.15, 0.2) is 0 Å². The summed E-state index contributed by atoms with van der Waals surface area (Å²) in [6.45, 7) is 0.313. The van der Waals surface area contributed by atoms with Gasteiger partial charge in [-0.15, -0.1) is 0 Å². The Bertz CT molecular complexity index is 1040. The molecule has 3 aromatic carbocycles. The summed E-state index contributed by atoms with van der Waals surface area (Å²) >= 11 is 5.85. The van der Waals surface area contributed by atoms with Crippen LogP contribution < -0.4 is 10.0 Å². The van der Waals surface area contributed by atoms with Crippen molar-refractivity contribution in [1.29, 1.82) is 0 Å². The monoisotopic (exact) mass is 428 g/mol. The van der Waals surface area contributed by atoms with Crippen LogP contribution in [0.15, 0.2) is 89.8 Å². The molecular weight excluding hydrogens is 408 g/mol. The molecule has 0 bridgehead atoms. The molecule has 0 saturated carbocycles. The van der Waals surface area contributed by atoms with Gasteiger partial charge in [-0.05, 0) is 41.8 Å². The number of carbonyl (C=O) groups is 1. The van der Waals surface area contributed by atoms with Gasteiger partial charge in [-0.1, -0.05) is 72.3 Å². The number of halogens is 1. The van der Waals surface area contributed by atoms with Gasteiger partial charge in [0.25, 0.3) is 0 Å². The lowest BCUT2D eigenvalue weighted by Crippen LogP contribution is -2.47. The van der Waals surface area contributed by atoms with Gasteiger partial charge < -0.3 is 5.32 Å². The third-order valence-electron chi connectivity index (χ3n) is 4.33. The van der Waals surface area contributed by atoms with E-state index >= 15 is 0 Å². The summed E-state index contributed by atoms with van der Waals surface area (Å²) < 4.78 is 28.1. The molecule has 0 aromatic heterocycles. The number of sulfonamides is 1. The zero-order chi connectivity index (χ0) is 20.7. The van der Waals surface area contributed by atoms with Crippen LogP contribution in [0.5, 0.6) is 0 Å². The average Bonchev–Trinajstić information content (AvgIpc) is 2.73. The fourth-order valence-electron chi connectivity index (χ4n) is 2.81. The Balaban J connectivity index is 1.78. The highest BCUT2D eigenvalue weighted by Gasteiger charge is 2.26. The first-order valence-corrected chi connectivity index (χ1v) is 10.9. The molecule has 1 amide bonds. The van der Waals surface area contributed by atoms with Crippen LogP contribution in [0.2, 0.25) is 5.02 Å². The Hall–Kier alpha value is -2.67. The molecule has 0 aliphatic rings. The third kappa shape index (κ3) is 6.15. The lowest BCUT2D eigenvalue weighted by atomic mass is 10.1. The molecule has 0 aliphatic heterocycles. The molecular formula is C22H21ClN2O3S. The van der Waals surface area contributed by atoms with E-state index in [-0.39, 0.29) is 11.3 Å². The smallest absolute Gasteiger partial charge is 0.241 e. The molecule has 7 heteroatoms. The van der Waals surface area contributed by atoms with Gasteiger partial charge in [-0.3, -0.25) is 4.79 Å². The summed E-state index contributed by atoms with van der Waals surface area (Å²) in [5, 5.41) is 3.25. The molecule has 0 spiro atoms. The highest BCUT2D eigenvalue weighted by atomic mass is 35.5. The molecule has 3 aromatic rings. The van der Waals surface area contributed by atoms with Crippen LogP contribution in [-0.2, 0) is 27.8 Å². The van der Waals surface area contributed by atoms with Crippen LogP contribution in [0.3, 0.4) is 0 Å². The molecule has 0 unspecified atom stereocenters. The van der Waals surface area contributed by atoms with Crippen molar-refractivity contribution in [1.82, 2.24) is 10.0 Å². The number of carbonyl (C=O) groups excluding carboxylic acids is 1. The summed E-state index contributed by atoms with van der Waals surface area (Å²) in [7, 11) is -3.89. The van der Waals surface area contributed by atoms with Gasteiger partial charge in [0.05, 0.1) is 4.90 Å². The third-order valence-corrected chi connectivity index (χ3v) is 6.07. The molecule has 2 N–H and O–H groups in total. The minimum atomic E-state index is -3.89. The van der Waals surface area contributed by atoms with Crippen molar-refractivity contribution in [2.45, 2.75) is 23.9 Å². The van der Waals surface area contributed by atoms with Crippen molar-refractivity contribution in [2.24, 2.45) is 0 Å². The van der Waals surface area contributed by atoms with Crippen LogP contribution in [0, 0.1) is 0 Å². The maximum Gasteiger partial charge on any atom is 0.241 e. The van der Waals surface area contributed by atoms with E-state index in [9.17, 15) is 13.2 Å². The molecule has 150 valence electrons. The van der Waals surface area contributed by atoms with Gasteiger partial charge in [0.1, 0.15) is 6.04 Å². The lowest BCUT2D eigenvalue weighted by molar-refractivity contribution is -0.122. The topological polar surface area (TPSA) is 75.3 Å². The lowest BCUT2D eigenvalue weighted by Gasteiger charge is -2.19. The predicted octanol–water partition coefficient (Wildman–Crippen LogP) is 3.55. The average molecular weight is 429 g/mol. The Morgan fingerprint density at radius 1 is 0.828 bits per heavy atom. The first-order chi connectivity index (χ1) is 13.9. The van der Waals surface area contributed by atoms with Gasteiger partial charge >= 0.3 is 0 Å². The summed E-state index contributed by atoms with van der Waals surface area (Å²) in [5.74, 6) is -0.393. The summed E-state index contributed by atoms with van der Waals surface area (Å²) in [4.78, 5) is 12.9. The van der Waals surface area contributed by atoms with Gasteiger partial charge in [-0.2, -0.15) is 4.72 Å². The van der Waals surface area contributed by atoms with E-state index in [4.69, 9.17) is 11.6 Å². The van der Waals surface area contributed by atoms with E-state index in [0.717, 1.165) is 11.1 Å².